The van der Waals surface area contributed by atoms with Gasteiger partial charge in [-0.3, -0.25) is 4.79 Å². The number of carbonyl (C=O) groups is 1. The molecule has 2 aromatic carbocycles. The van der Waals surface area contributed by atoms with Crippen LogP contribution in [-0.4, -0.2) is 53.9 Å². The van der Waals surface area contributed by atoms with Crippen molar-refractivity contribution in [2.24, 2.45) is 0 Å². The van der Waals surface area contributed by atoms with Crippen LogP contribution in [-0.2, 0) is 6.18 Å². The molecule has 1 fully saturated rings. The number of halogens is 3. The highest BCUT2D eigenvalue weighted by Gasteiger charge is 2.35. The van der Waals surface area contributed by atoms with Gasteiger partial charge in [0.05, 0.1) is 24.1 Å². The van der Waals surface area contributed by atoms with Gasteiger partial charge < -0.3 is 14.5 Å². The van der Waals surface area contributed by atoms with Crippen molar-refractivity contribution in [2.75, 3.05) is 38.2 Å². The van der Waals surface area contributed by atoms with Gasteiger partial charge in [-0.05, 0) is 49.4 Å². The maximum absolute atomic E-state index is 13.4. The van der Waals surface area contributed by atoms with Crippen molar-refractivity contribution in [2.45, 2.75) is 13.1 Å². The molecular formula is C23H23F3N4O2. The summed E-state index contributed by atoms with van der Waals surface area (Å²) in [7, 11) is 1.58. The zero-order valence-electron chi connectivity index (χ0n) is 17.8. The van der Waals surface area contributed by atoms with Gasteiger partial charge in [-0.15, -0.1) is 0 Å². The van der Waals surface area contributed by atoms with Gasteiger partial charge in [-0.25, -0.2) is 4.68 Å². The first-order valence-electron chi connectivity index (χ1n) is 10.2. The summed E-state index contributed by atoms with van der Waals surface area (Å²) in [6, 6.07) is 14.5. The van der Waals surface area contributed by atoms with Crippen LogP contribution in [0, 0.1) is 6.92 Å². The van der Waals surface area contributed by atoms with Crippen molar-refractivity contribution in [3.05, 3.63) is 71.5 Å². The standard InChI is InChI=1S/C23H23F3N4O2/c1-16-15-21(30(27-16)17-7-9-18(32-2)10-8-17)22(31)29-13-11-28(12-14-29)20-6-4-3-5-19(20)23(24,25)26/h3-10,15H,11-14H2,1-2H3. The minimum absolute atomic E-state index is 0.145. The SMILES string of the molecule is COc1ccc(-n2nc(C)cc2C(=O)N2CCN(c3ccccc3C(F)(F)F)CC2)cc1. The van der Waals surface area contributed by atoms with Crippen LogP contribution in [0.2, 0.25) is 0 Å². The first kappa shape index (κ1) is 21.7. The summed E-state index contributed by atoms with van der Waals surface area (Å²) >= 11 is 0. The largest absolute Gasteiger partial charge is 0.497 e. The summed E-state index contributed by atoms with van der Waals surface area (Å²) in [4.78, 5) is 16.6. The molecule has 0 radical (unpaired) electrons. The number of benzene rings is 2. The number of aromatic nitrogens is 2. The Hall–Kier alpha value is -3.49. The summed E-state index contributed by atoms with van der Waals surface area (Å²) < 4.78 is 46.9. The van der Waals surface area contributed by atoms with Gasteiger partial charge in [0.1, 0.15) is 11.4 Å². The normalized spacial score (nSPS) is 14.5. The van der Waals surface area contributed by atoms with Crippen LogP contribution in [0.15, 0.2) is 54.6 Å². The number of amides is 1. The number of methoxy groups -OCH3 is 1. The Morgan fingerprint density at radius 2 is 1.66 bits per heavy atom. The molecule has 0 bridgehead atoms. The highest BCUT2D eigenvalue weighted by molar-refractivity contribution is 5.93. The van der Waals surface area contributed by atoms with Gasteiger partial charge in [0.25, 0.3) is 5.91 Å². The van der Waals surface area contributed by atoms with E-state index in [0.717, 1.165) is 11.8 Å². The van der Waals surface area contributed by atoms with E-state index in [1.54, 1.807) is 45.9 Å². The second-order valence-electron chi connectivity index (χ2n) is 7.57. The van der Waals surface area contributed by atoms with Crippen molar-refractivity contribution in [3.8, 4) is 11.4 Å². The number of nitrogens with zero attached hydrogens (tertiary/aromatic N) is 4. The molecule has 1 saturated heterocycles. The third-order valence-electron chi connectivity index (χ3n) is 5.48. The molecule has 0 aliphatic carbocycles. The topological polar surface area (TPSA) is 50.6 Å². The fourth-order valence-electron chi connectivity index (χ4n) is 3.87. The van der Waals surface area contributed by atoms with Gasteiger partial charge in [0, 0.05) is 31.9 Å². The van der Waals surface area contributed by atoms with Crippen LogP contribution < -0.4 is 9.64 Å². The lowest BCUT2D eigenvalue weighted by Gasteiger charge is -2.37. The third-order valence-corrected chi connectivity index (χ3v) is 5.48. The fourth-order valence-corrected chi connectivity index (χ4v) is 3.87. The smallest absolute Gasteiger partial charge is 0.418 e. The average molecular weight is 444 g/mol. The lowest BCUT2D eigenvalue weighted by Crippen LogP contribution is -2.49. The molecular weight excluding hydrogens is 421 g/mol. The van der Waals surface area contributed by atoms with E-state index in [9.17, 15) is 18.0 Å². The Labute approximate surface area is 183 Å². The molecule has 3 aromatic rings. The number of para-hydroxylation sites is 1. The number of rotatable bonds is 4. The molecule has 0 atom stereocenters. The molecule has 9 heteroatoms. The maximum atomic E-state index is 13.4. The van der Waals surface area contributed by atoms with E-state index in [4.69, 9.17) is 4.74 Å². The van der Waals surface area contributed by atoms with Crippen molar-refractivity contribution < 1.29 is 22.7 Å². The molecule has 0 N–H and O–H groups in total. The molecule has 1 amide bonds. The van der Waals surface area contributed by atoms with Crippen LogP contribution in [0.3, 0.4) is 0 Å². The fraction of sp³-hybridized carbons (Fsp3) is 0.304. The number of alkyl halides is 3. The Morgan fingerprint density at radius 3 is 2.28 bits per heavy atom. The zero-order chi connectivity index (χ0) is 22.9. The van der Waals surface area contributed by atoms with E-state index >= 15 is 0 Å². The molecule has 1 aromatic heterocycles. The monoisotopic (exact) mass is 444 g/mol. The quantitative estimate of drug-likeness (QED) is 0.606. The number of hydrogen-bond donors (Lipinski definition) is 0. The van der Waals surface area contributed by atoms with Gasteiger partial charge >= 0.3 is 6.18 Å². The molecule has 0 saturated carbocycles. The van der Waals surface area contributed by atoms with Crippen LogP contribution in [0.25, 0.3) is 5.69 Å². The van der Waals surface area contributed by atoms with Crippen LogP contribution in [0.5, 0.6) is 5.75 Å². The van der Waals surface area contributed by atoms with E-state index in [0.29, 0.717) is 43.3 Å². The molecule has 1 aliphatic heterocycles. The van der Waals surface area contributed by atoms with Crippen molar-refractivity contribution in [1.82, 2.24) is 14.7 Å². The zero-order valence-corrected chi connectivity index (χ0v) is 17.8. The summed E-state index contributed by atoms with van der Waals surface area (Å²) in [6.07, 6.45) is -4.42. The molecule has 1 aliphatic rings. The summed E-state index contributed by atoms with van der Waals surface area (Å²) in [6.45, 7) is 3.07. The van der Waals surface area contributed by atoms with Gasteiger partial charge in [0.2, 0.25) is 0 Å². The number of ether oxygens (including phenoxy) is 1. The highest BCUT2D eigenvalue weighted by atomic mass is 19.4. The van der Waals surface area contributed by atoms with Crippen molar-refractivity contribution in [1.29, 1.82) is 0 Å². The van der Waals surface area contributed by atoms with Crippen LogP contribution in [0.1, 0.15) is 21.7 Å². The second-order valence-corrected chi connectivity index (χ2v) is 7.57. The van der Waals surface area contributed by atoms with Gasteiger partial charge in [-0.2, -0.15) is 18.3 Å². The van der Waals surface area contributed by atoms with Crippen molar-refractivity contribution >= 4 is 11.6 Å². The third kappa shape index (κ3) is 4.28. The lowest BCUT2D eigenvalue weighted by molar-refractivity contribution is -0.137. The number of hydrogen-bond acceptors (Lipinski definition) is 4. The number of aryl methyl sites for hydroxylation is 1. The molecule has 32 heavy (non-hydrogen) atoms. The predicted octanol–water partition coefficient (Wildman–Crippen LogP) is 4.17. The Bertz CT molecular complexity index is 1100. The van der Waals surface area contributed by atoms with Crippen LogP contribution in [0.4, 0.5) is 18.9 Å². The minimum Gasteiger partial charge on any atom is -0.497 e. The molecule has 168 valence electrons. The van der Waals surface area contributed by atoms with E-state index in [2.05, 4.69) is 5.10 Å². The number of carbonyl (C=O) groups excluding carboxylic acids is 1. The molecule has 0 unspecified atom stereocenters. The van der Waals surface area contributed by atoms with Crippen molar-refractivity contribution in [3.63, 3.8) is 0 Å². The first-order chi connectivity index (χ1) is 15.3. The Morgan fingerprint density at radius 1 is 1.00 bits per heavy atom. The van der Waals surface area contributed by atoms with E-state index in [-0.39, 0.29) is 11.6 Å². The predicted molar refractivity (Wildman–Crippen MR) is 114 cm³/mol. The minimum atomic E-state index is -4.42. The molecule has 4 rings (SSSR count). The van der Waals surface area contributed by atoms with Gasteiger partial charge in [0.15, 0.2) is 0 Å². The molecule has 0 spiro atoms. The average Bonchev–Trinajstić information content (AvgIpc) is 3.20. The number of piperazine rings is 1. The summed E-state index contributed by atoms with van der Waals surface area (Å²) in [5.41, 5.74) is 1.32. The second kappa shape index (κ2) is 8.57. The lowest BCUT2D eigenvalue weighted by atomic mass is 10.1. The first-order valence-corrected chi connectivity index (χ1v) is 10.2. The number of anilines is 1. The maximum Gasteiger partial charge on any atom is 0.418 e. The Kier molecular flexibility index (Phi) is 5.82. The van der Waals surface area contributed by atoms with Crippen LogP contribution >= 0.6 is 0 Å². The highest BCUT2D eigenvalue weighted by Crippen LogP contribution is 2.36. The molecule has 6 nitrogen and oxygen atoms in total. The van der Waals surface area contributed by atoms with Gasteiger partial charge in [-0.1, -0.05) is 12.1 Å². The summed E-state index contributed by atoms with van der Waals surface area (Å²) in [5, 5.41) is 4.45. The van der Waals surface area contributed by atoms with E-state index in [1.807, 2.05) is 19.1 Å². The Balaban J connectivity index is 1.52. The van der Waals surface area contributed by atoms with E-state index in [1.165, 1.54) is 12.1 Å². The van der Waals surface area contributed by atoms with E-state index < -0.39 is 11.7 Å². The molecule has 2 heterocycles. The summed E-state index contributed by atoms with van der Waals surface area (Å²) in [5.74, 6) is 0.492.